The van der Waals surface area contributed by atoms with Gasteiger partial charge in [-0.2, -0.15) is 0 Å². The van der Waals surface area contributed by atoms with Crippen LogP contribution in [0, 0.1) is 0 Å². The van der Waals surface area contributed by atoms with Crippen LogP contribution in [0.15, 0.2) is 48.5 Å². The summed E-state index contributed by atoms with van der Waals surface area (Å²) in [6.07, 6.45) is 1.73. The zero-order valence-electron chi connectivity index (χ0n) is 12.9. The summed E-state index contributed by atoms with van der Waals surface area (Å²) in [5.41, 5.74) is 5.92. The van der Waals surface area contributed by atoms with Crippen LogP contribution >= 0.6 is 11.3 Å². The number of urea groups is 1. The fourth-order valence-electron chi connectivity index (χ4n) is 1.84. The molecular weight excluding hydrogens is 328 g/mol. The summed E-state index contributed by atoms with van der Waals surface area (Å²) in [5, 5.41) is 1.84. The number of nitrogens with two attached hydrogens (primary N) is 1. The number of hydrogen-bond donors (Lipinski definition) is 2. The van der Waals surface area contributed by atoms with Crippen molar-refractivity contribution in [3.63, 3.8) is 0 Å². The van der Waals surface area contributed by atoms with Crippen LogP contribution in [0.25, 0.3) is 16.5 Å². The number of amides is 3. The summed E-state index contributed by atoms with van der Waals surface area (Å²) in [4.78, 5) is 35.6. The number of benzene rings is 1. The standard InChI is InChI=1S/C17H16N2O4S/c1-11(16(21)19-17(18)22)23-15(20)10-8-13-7-9-14(24-13)12-5-3-2-4-6-12/h2-11H,1H3,(H3,18,19,21,22)/b10-8+/t11-/m1/s1. The molecule has 0 unspecified atom stereocenters. The second-order valence-corrected chi connectivity index (χ2v) is 5.95. The van der Waals surface area contributed by atoms with Gasteiger partial charge in [0, 0.05) is 15.8 Å². The van der Waals surface area contributed by atoms with Crippen LogP contribution in [0.1, 0.15) is 11.8 Å². The van der Waals surface area contributed by atoms with Crippen LogP contribution in [-0.4, -0.2) is 24.0 Å². The van der Waals surface area contributed by atoms with Gasteiger partial charge in [0.1, 0.15) is 0 Å². The Hall–Kier alpha value is -2.93. The van der Waals surface area contributed by atoms with Crippen molar-refractivity contribution >= 4 is 35.3 Å². The molecule has 0 fully saturated rings. The minimum atomic E-state index is -1.11. The lowest BCUT2D eigenvalue weighted by Gasteiger charge is -2.09. The molecule has 0 aliphatic rings. The molecule has 0 radical (unpaired) electrons. The molecule has 2 aromatic rings. The average Bonchev–Trinajstić information content (AvgIpc) is 3.02. The summed E-state index contributed by atoms with van der Waals surface area (Å²) in [6.45, 7) is 1.35. The molecule has 124 valence electrons. The Morgan fingerprint density at radius 3 is 2.54 bits per heavy atom. The molecular formula is C17H16N2O4S. The molecule has 1 heterocycles. The van der Waals surface area contributed by atoms with E-state index in [1.54, 1.807) is 6.08 Å². The number of hydrogen-bond acceptors (Lipinski definition) is 5. The van der Waals surface area contributed by atoms with E-state index >= 15 is 0 Å². The highest BCUT2D eigenvalue weighted by Crippen LogP contribution is 2.28. The molecule has 6 nitrogen and oxygen atoms in total. The fourth-order valence-corrected chi connectivity index (χ4v) is 2.76. The van der Waals surface area contributed by atoms with Gasteiger partial charge in [-0.1, -0.05) is 30.3 Å². The molecule has 0 saturated carbocycles. The molecule has 2 rings (SSSR count). The van der Waals surface area contributed by atoms with E-state index in [-0.39, 0.29) is 0 Å². The van der Waals surface area contributed by atoms with Crippen LogP contribution in [0.2, 0.25) is 0 Å². The van der Waals surface area contributed by atoms with Gasteiger partial charge in [-0.25, -0.2) is 9.59 Å². The molecule has 24 heavy (non-hydrogen) atoms. The predicted octanol–water partition coefficient (Wildman–Crippen LogP) is 2.55. The van der Waals surface area contributed by atoms with Crippen LogP contribution < -0.4 is 11.1 Å². The maximum absolute atomic E-state index is 11.7. The Labute approximate surface area is 142 Å². The van der Waals surface area contributed by atoms with Gasteiger partial charge >= 0.3 is 12.0 Å². The molecule has 3 N–H and O–H groups in total. The van der Waals surface area contributed by atoms with Gasteiger partial charge in [0.2, 0.25) is 0 Å². The highest BCUT2D eigenvalue weighted by molar-refractivity contribution is 7.16. The van der Waals surface area contributed by atoms with Gasteiger partial charge in [-0.15, -0.1) is 11.3 Å². The highest BCUT2D eigenvalue weighted by atomic mass is 32.1. The molecule has 0 aliphatic carbocycles. The highest BCUT2D eigenvalue weighted by Gasteiger charge is 2.17. The maximum atomic E-state index is 11.7. The van der Waals surface area contributed by atoms with Crippen LogP contribution in [0.5, 0.6) is 0 Å². The van der Waals surface area contributed by atoms with E-state index in [1.807, 2.05) is 47.8 Å². The van der Waals surface area contributed by atoms with Crippen molar-refractivity contribution in [2.75, 3.05) is 0 Å². The Morgan fingerprint density at radius 2 is 1.88 bits per heavy atom. The zero-order chi connectivity index (χ0) is 17.5. The quantitative estimate of drug-likeness (QED) is 0.643. The largest absolute Gasteiger partial charge is 0.449 e. The first kappa shape index (κ1) is 17.4. The second kappa shape index (κ2) is 8.07. The van der Waals surface area contributed by atoms with Crippen molar-refractivity contribution in [2.45, 2.75) is 13.0 Å². The third kappa shape index (κ3) is 5.06. The van der Waals surface area contributed by atoms with Gasteiger partial charge in [-0.3, -0.25) is 10.1 Å². The van der Waals surface area contributed by atoms with Crippen molar-refractivity contribution in [1.82, 2.24) is 5.32 Å². The Kier molecular flexibility index (Phi) is 5.86. The van der Waals surface area contributed by atoms with Crippen molar-refractivity contribution in [3.05, 3.63) is 53.4 Å². The Balaban J connectivity index is 1.94. The summed E-state index contributed by atoms with van der Waals surface area (Å²) in [5.74, 6) is -1.46. The number of ether oxygens (including phenoxy) is 1. The van der Waals surface area contributed by atoms with Gasteiger partial charge in [0.05, 0.1) is 0 Å². The van der Waals surface area contributed by atoms with Crippen LogP contribution in [0.4, 0.5) is 4.79 Å². The van der Waals surface area contributed by atoms with Crippen molar-refractivity contribution in [1.29, 1.82) is 0 Å². The number of nitrogens with one attached hydrogen (secondary N) is 1. The molecule has 3 amide bonds. The topological polar surface area (TPSA) is 98.5 Å². The summed E-state index contributed by atoms with van der Waals surface area (Å²) in [7, 11) is 0. The third-order valence-electron chi connectivity index (χ3n) is 2.98. The molecule has 7 heteroatoms. The minimum Gasteiger partial charge on any atom is -0.449 e. The lowest BCUT2D eigenvalue weighted by Crippen LogP contribution is -2.42. The van der Waals surface area contributed by atoms with Crippen molar-refractivity contribution < 1.29 is 19.1 Å². The van der Waals surface area contributed by atoms with Crippen LogP contribution in [0.3, 0.4) is 0 Å². The number of thiophene rings is 1. The minimum absolute atomic E-state index is 0.684. The number of imide groups is 1. The summed E-state index contributed by atoms with van der Waals surface area (Å²) < 4.78 is 4.89. The second-order valence-electron chi connectivity index (χ2n) is 4.83. The lowest BCUT2D eigenvalue weighted by atomic mass is 10.2. The van der Waals surface area contributed by atoms with E-state index in [2.05, 4.69) is 0 Å². The molecule has 0 aliphatic heterocycles. The molecule has 1 aromatic heterocycles. The summed E-state index contributed by atoms with van der Waals surface area (Å²) in [6, 6.07) is 12.7. The van der Waals surface area contributed by atoms with E-state index in [1.165, 1.54) is 24.3 Å². The lowest BCUT2D eigenvalue weighted by molar-refractivity contribution is -0.149. The number of primary amides is 1. The fraction of sp³-hybridized carbons (Fsp3) is 0.118. The Morgan fingerprint density at radius 1 is 1.17 bits per heavy atom. The number of carbonyl (C=O) groups excluding carboxylic acids is 3. The first-order valence-electron chi connectivity index (χ1n) is 7.10. The number of esters is 1. The first-order chi connectivity index (χ1) is 11.5. The van der Waals surface area contributed by atoms with Gasteiger partial charge in [0.25, 0.3) is 5.91 Å². The molecule has 1 atom stereocenters. The molecule has 0 spiro atoms. The monoisotopic (exact) mass is 344 g/mol. The van der Waals surface area contributed by atoms with E-state index in [0.29, 0.717) is 0 Å². The van der Waals surface area contributed by atoms with Gasteiger partial charge < -0.3 is 10.5 Å². The zero-order valence-corrected chi connectivity index (χ0v) is 13.7. The maximum Gasteiger partial charge on any atom is 0.331 e. The summed E-state index contributed by atoms with van der Waals surface area (Å²) >= 11 is 1.53. The average molecular weight is 344 g/mol. The van der Waals surface area contributed by atoms with E-state index in [0.717, 1.165) is 15.3 Å². The van der Waals surface area contributed by atoms with Gasteiger partial charge in [0.15, 0.2) is 6.10 Å². The molecule has 1 aromatic carbocycles. The Bertz CT molecular complexity index is 768. The number of rotatable bonds is 5. The number of carbonyl (C=O) groups is 3. The molecule has 0 bridgehead atoms. The van der Waals surface area contributed by atoms with E-state index < -0.39 is 24.0 Å². The van der Waals surface area contributed by atoms with Crippen molar-refractivity contribution in [3.8, 4) is 10.4 Å². The van der Waals surface area contributed by atoms with Crippen LogP contribution in [-0.2, 0) is 14.3 Å². The predicted molar refractivity (Wildman–Crippen MR) is 92.1 cm³/mol. The van der Waals surface area contributed by atoms with Crippen molar-refractivity contribution in [2.24, 2.45) is 5.73 Å². The third-order valence-corrected chi connectivity index (χ3v) is 4.08. The first-order valence-corrected chi connectivity index (χ1v) is 7.91. The SMILES string of the molecule is C[C@@H](OC(=O)/C=C/c1ccc(-c2ccccc2)s1)C(=O)NC(N)=O. The molecule has 0 saturated heterocycles. The smallest absolute Gasteiger partial charge is 0.331 e. The van der Waals surface area contributed by atoms with E-state index in [9.17, 15) is 14.4 Å². The van der Waals surface area contributed by atoms with Gasteiger partial charge in [-0.05, 0) is 30.7 Å². The normalized spacial score (nSPS) is 11.9. The van der Waals surface area contributed by atoms with E-state index in [4.69, 9.17) is 10.5 Å².